The van der Waals surface area contributed by atoms with E-state index in [1.54, 1.807) is 11.1 Å². The molecule has 0 spiro atoms. The normalized spacial score (nSPS) is 21.5. The zero-order valence-electron chi connectivity index (χ0n) is 10.5. The SMILES string of the molecule is CCC(CC1CCCc2ccccc21)NC. The molecule has 1 heteroatoms. The lowest BCUT2D eigenvalue weighted by Crippen LogP contribution is -2.27. The number of nitrogens with one attached hydrogen (secondary N) is 1. The summed E-state index contributed by atoms with van der Waals surface area (Å²) in [6, 6.07) is 9.69. The molecule has 0 amide bonds. The molecule has 0 heterocycles. The first-order valence-electron chi connectivity index (χ1n) is 6.60. The average Bonchev–Trinajstić information content (AvgIpc) is 2.36. The van der Waals surface area contributed by atoms with Crippen molar-refractivity contribution in [3.8, 4) is 0 Å². The van der Waals surface area contributed by atoms with Gasteiger partial charge in [-0.05, 0) is 56.2 Å². The van der Waals surface area contributed by atoms with Gasteiger partial charge in [0.25, 0.3) is 0 Å². The lowest BCUT2D eigenvalue weighted by Gasteiger charge is -2.28. The maximum Gasteiger partial charge on any atom is 0.00672 e. The molecule has 1 aromatic carbocycles. The number of aryl methyl sites for hydroxylation is 1. The summed E-state index contributed by atoms with van der Waals surface area (Å²) in [5.74, 6) is 0.780. The van der Waals surface area contributed by atoms with Gasteiger partial charge in [0.2, 0.25) is 0 Å². The fourth-order valence-corrected chi connectivity index (χ4v) is 2.93. The van der Waals surface area contributed by atoms with E-state index in [9.17, 15) is 0 Å². The Morgan fingerprint density at radius 3 is 2.94 bits per heavy atom. The summed E-state index contributed by atoms with van der Waals surface area (Å²) in [5, 5.41) is 3.43. The molecule has 2 rings (SSSR count). The van der Waals surface area contributed by atoms with Crippen molar-refractivity contribution in [1.29, 1.82) is 0 Å². The van der Waals surface area contributed by atoms with Gasteiger partial charge >= 0.3 is 0 Å². The Bertz CT molecular complexity index is 328. The minimum Gasteiger partial charge on any atom is -0.317 e. The summed E-state index contributed by atoms with van der Waals surface area (Å²) in [5.41, 5.74) is 3.20. The van der Waals surface area contributed by atoms with Crippen LogP contribution < -0.4 is 5.32 Å². The van der Waals surface area contributed by atoms with Gasteiger partial charge in [-0.1, -0.05) is 31.2 Å². The lowest BCUT2D eigenvalue weighted by atomic mass is 9.79. The van der Waals surface area contributed by atoms with Gasteiger partial charge < -0.3 is 5.32 Å². The second-order valence-corrected chi connectivity index (χ2v) is 4.92. The molecule has 2 unspecified atom stereocenters. The Morgan fingerprint density at radius 1 is 1.38 bits per heavy atom. The summed E-state index contributed by atoms with van der Waals surface area (Å²) < 4.78 is 0. The van der Waals surface area contributed by atoms with E-state index in [1.165, 1.54) is 32.1 Å². The molecule has 0 bridgehead atoms. The first kappa shape index (κ1) is 11.7. The van der Waals surface area contributed by atoms with Crippen LogP contribution in [0.25, 0.3) is 0 Å². The Hall–Kier alpha value is -0.820. The van der Waals surface area contributed by atoms with Crippen molar-refractivity contribution in [3.63, 3.8) is 0 Å². The van der Waals surface area contributed by atoms with Gasteiger partial charge in [0.05, 0.1) is 0 Å². The molecule has 0 radical (unpaired) electrons. The summed E-state index contributed by atoms with van der Waals surface area (Å²) in [6.07, 6.45) is 6.54. The minimum atomic E-state index is 0.677. The topological polar surface area (TPSA) is 12.0 Å². The fraction of sp³-hybridized carbons (Fsp3) is 0.600. The van der Waals surface area contributed by atoms with Crippen molar-refractivity contribution < 1.29 is 0 Å². The maximum atomic E-state index is 3.43. The molecule has 0 saturated carbocycles. The Morgan fingerprint density at radius 2 is 2.19 bits per heavy atom. The van der Waals surface area contributed by atoms with Crippen LogP contribution in [0.15, 0.2) is 24.3 Å². The number of fused-ring (bicyclic) bond motifs is 1. The molecule has 2 atom stereocenters. The summed E-state index contributed by atoms with van der Waals surface area (Å²) in [4.78, 5) is 0. The van der Waals surface area contributed by atoms with Crippen LogP contribution in [0.4, 0.5) is 0 Å². The molecule has 0 aromatic heterocycles. The van der Waals surface area contributed by atoms with Crippen molar-refractivity contribution in [2.75, 3.05) is 7.05 Å². The third-order valence-corrected chi connectivity index (χ3v) is 3.96. The second kappa shape index (κ2) is 5.49. The third kappa shape index (κ3) is 2.46. The van der Waals surface area contributed by atoms with Crippen molar-refractivity contribution in [2.24, 2.45) is 0 Å². The highest BCUT2D eigenvalue weighted by molar-refractivity contribution is 5.32. The highest BCUT2D eigenvalue weighted by Gasteiger charge is 2.21. The van der Waals surface area contributed by atoms with Gasteiger partial charge in [-0.25, -0.2) is 0 Å². The zero-order chi connectivity index (χ0) is 11.4. The molecule has 1 nitrogen and oxygen atoms in total. The van der Waals surface area contributed by atoms with Crippen molar-refractivity contribution in [3.05, 3.63) is 35.4 Å². The van der Waals surface area contributed by atoms with Crippen LogP contribution in [0.1, 0.15) is 49.7 Å². The summed E-state index contributed by atoms with van der Waals surface area (Å²) in [6.45, 7) is 2.27. The van der Waals surface area contributed by atoms with Crippen molar-refractivity contribution in [1.82, 2.24) is 5.32 Å². The minimum absolute atomic E-state index is 0.677. The third-order valence-electron chi connectivity index (χ3n) is 3.96. The predicted molar refractivity (Wildman–Crippen MR) is 69.9 cm³/mol. The summed E-state index contributed by atoms with van der Waals surface area (Å²) in [7, 11) is 2.09. The van der Waals surface area contributed by atoms with Gasteiger partial charge in [-0.2, -0.15) is 0 Å². The second-order valence-electron chi connectivity index (χ2n) is 4.92. The number of benzene rings is 1. The van der Waals surface area contributed by atoms with E-state index in [0.717, 1.165) is 5.92 Å². The van der Waals surface area contributed by atoms with Gasteiger partial charge in [0.1, 0.15) is 0 Å². The van der Waals surface area contributed by atoms with Crippen LogP contribution in [0.5, 0.6) is 0 Å². The highest BCUT2D eigenvalue weighted by atomic mass is 14.9. The Balaban J connectivity index is 2.12. The van der Waals surface area contributed by atoms with Crippen LogP contribution in [-0.2, 0) is 6.42 Å². The van der Waals surface area contributed by atoms with Crippen LogP contribution >= 0.6 is 0 Å². The molecule has 0 aliphatic heterocycles. The van der Waals surface area contributed by atoms with E-state index in [2.05, 4.69) is 43.6 Å². The highest BCUT2D eigenvalue weighted by Crippen LogP contribution is 2.34. The Kier molecular flexibility index (Phi) is 4.00. The molecular weight excluding hydrogens is 194 g/mol. The number of rotatable bonds is 4. The molecule has 1 aliphatic carbocycles. The van der Waals surface area contributed by atoms with Gasteiger partial charge in [-0.15, -0.1) is 0 Å². The molecule has 1 aliphatic rings. The molecule has 1 aromatic rings. The molecule has 88 valence electrons. The van der Waals surface area contributed by atoms with E-state index in [0.29, 0.717) is 6.04 Å². The van der Waals surface area contributed by atoms with Crippen molar-refractivity contribution in [2.45, 2.75) is 51.0 Å². The van der Waals surface area contributed by atoms with Gasteiger partial charge in [0.15, 0.2) is 0 Å². The molecule has 1 N–H and O–H groups in total. The van der Waals surface area contributed by atoms with Crippen LogP contribution in [0.2, 0.25) is 0 Å². The van der Waals surface area contributed by atoms with E-state index in [-0.39, 0.29) is 0 Å². The standard InChI is InChI=1S/C15H23N/c1-3-14(16-2)11-13-9-6-8-12-7-4-5-10-15(12)13/h4-5,7,10,13-14,16H,3,6,8-9,11H2,1-2H3. The average molecular weight is 217 g/mol. The van der Waals surface area contributed by atoms with Crippen LogP contribution in [-0.4, -0.2) is 13.1 Å². The molecule has 0 fully saturated rings. The first-order valence-corrected chi connectivity index (χ1v) is 6.60. The van der Waals surface area contributed by atoms with E-state index in [4.69, 9.17) is 0 Å². The number of hydrogen-bond acceptors (Lipinski definition) is 1. The van der Waals surface area contributed by atoms with Gasteiger partial charge in [-0.3, -0.25) is 0 Å². The largest absolute Gasteiger partial charge is 0.317 e. The Labute approximate surface area is 99.3 Å². The lowest BCUT2D eigenvalue weighted by molar-refractivity contribution is 0.422. The molecule has 16 heavy (non-hydrogen) atoms. The maximum absolute atomic E-state index is 3.43. The van der Waals surface area contributed by atoms with Crippen LogP contribution in [0.3, 0.4) is 0 Å². The number of hydrogen-bond donors (Lipinski definition) is 1. The van der Waals surface area contributed by atoms with Crippen molar-refractivity contribution >= 4 is 0 Å². The molecule has 0 saturated heterocycles. The zero-order valence-corrected chi connectivity index (χ0v) is 10.5. The monoisotopic (exact) mass is 217 g/mol. The van der Waals surface area contributed by atoms with E-state index >= 15 is 0 Å². The first-order chi connectivity index (χ1) is 7.85. The van der Waals surface area contributed by atoms with Gasteiger partial charge in [0, 0.05) is 6.04 Å². The summed E-state index contributed by atoms with van der Waals surface area (Å²) >= 11 is 0. The van der Waals surface area contributed by atoms with E-state index < -0.39 is 0 Å². The quantitative estimate of drug-likeness (QED) is 0.814. The molecular formula is C15H23N. The predicted octanol–water partition coefficient (Wildman–Crippen LogP) is 3.49. The van der Waals surface area contributed by atoms with Crippen LogP contribution in [0, 0.1) is 0 Å². The smallest absolute Gasteiger partial charge is 0.00672 e. The van der Waals surface area contributed by atoms with E-state index in [1.807, 2.05) is 0 Å². The fourth-order valence-electron chi connectivity index (χ4n) is 2.93.